The van der Waals surface area contributed by atoms with Crippen molar-refractivity contribution in [3.8, 4) is 0 Å². The lowest BCUT2D eigenvalue weighted by molar-refractivity contribution is -0.143. The summed E-state index contributed by atoms with van der Waals surface area (Å²) < 4.78 is 85.4. The van der Waals surface area contributed by atoms with E-state index in [1.165, 1.54) is 6.92 Å². The van der Waals surface area contributed by atoms with Crippen LogP contribution in [0.2, 0.25) is 0 Å². The number of nitrogens with zero attached hydrogens (tertiary/aromatic N) is 1. The van der Waals surface area contributed by atoms with Gasteiger partial charge >= 0.3 is 12.4 Å². The SMILES string of the molecule is CC(OCC1(c2ccccc2)CC2(C1)NCN(C)C2=O)c1cc(C(F)(F)F)cc(C(F)(F)F)c1. The Morgan fingerprint density at radius 1 is 1.00 bits per heavy atom. The first-order chi connectivity index (χ1) is 15.8. The standard InChI is InChI=1S/C24H24F6N2O2/c1-15(16-8-18(23(25,26)27)10-19(9-16)24(28,29)30)34-13-21(17-6-4-3-5-7-17)11-22(12-21)20(33)32(2)14-31-22/h3-10,15,31H,11-14H2,1-2H3. The van der Waals surface area contributed by atoms with Crippen LogP contribution < -0.4 is 5.32 Å². The summed E-state index contributed by atoms with van der Waals surface area (Å²) in [6.07, 6.45) is -10.1. The van der Waals surface area contributed by atoms with Crippen LogP contribution in [0.3, 0.4) is 0 Å². The minimum Gasteiger partial charge on any atom is -0.373 e. The monoisotopic (exact) mass is 486 g/mol. The number of ether oxygens (including phenoxy) is 1. The van der Waals surface area contributed by atoms with E-state index in [9.17, 15) is 31.1 Å². The lowest BCUT2D eigenvalue weighted by Gasteiger charge is -2.53. The van der Waals surface area contributed by atoms with Gasteiger partial charge in [0.05, 0.1) is 30.5 Å². The van der Waals surface area contributed by atoms with E-state index >= 15 is 0 Å². The number of rotatable bonds is 5. The third-order valence-electron chi connectivity index (χ3n) is 6.77. The molecule has 1 amide bonds. The van der Waals surface area contributed by atoms with Gasteiger partial charge in [0.15, 0.2) is 0 Å². The first-order valence-corrected chi connectivity index (χ1v) is 10.7. The second kappa shape index (κ2) is 8.27. The van der Waals surface area contributed by atoms with Crippen molar-refractivity contribution in [1.82, 2.24) is 10.2 Å². The molecule has 2 fully saturated rings. The molecule has 0 bridgehead atoms. The van der Waals surface area contributed by atoms with Crippen LogP contribution in [0.15, 0.2) is 48.5 Å². The Labute approximate surface area is 192 Å². The summed E-state index contributed by atoms with van der Waals surface area (Å²) in [5, 5.41) is 3.23. The zero-order valence-corrected chi connectivity index (χ0v) is 18.6. The smallest absolute Gasteiger partial charge is 0.373 e. The number of carbonyl (C=O) groups is 1. The van der Waals surface area contributed by atoms with Crippen molar-refractivity contribution in [2.45, 2.75) is 49.2 Å². The molecule has 184 valence electrons. The highest BCUT2D eigenvalue weighted by atomic mass is 19.4. The van der Waals surface area contributed by atoms with Crippen molar-refractivity contribution < 1.29 is 35.9 Å². The first kappa shape index (κ1) is 24.5. The molecule has 1 aliphatic heterocycles. The van der Waals surface area contributed by atoms with Gasteiger partial charge in [0, 0.05) is 12.5 Å². The summed E-state index contributed by atoms with van der Waals surface area (Å²) >= 11 is 0. The minimum atomic E-state index is -4.93. The number of carbonyl (C=O) groups excluding carboxylic acids is 1. The van der Waals surface area contributed by atoms with Crippen molar-refractivity contribution in [2.24, 2.45) is 0 Å². The molecule has 4 rings (SSSR count). The van der Waals surface area contributed by atoms with Gasteiger partial charge in [-0.1, -0.05) is 30.3 Å². The van der Waals surface area contributed by atoms with E-state index in [1.54, 1.807) is 11.9 Å². The molecule has 1 unspecified atom stereocenters. The maximum atomic E-state index is 13.2. The number of hydrogen-bond donors (Lipinski definition) is 1. The highest BCUT2D eigenvalue weighted by Gasteiger charge is 2.62. The van der Waals surface area contributed by atoms with E-state index < -0.39 is 40.5 Å². The molecule has 1 atom stereocenters. The molecule has 1 saturated heterocycles. The predicted molar refractivity (Wildman–Crippen MR) is 112 cm³/mol. The third kappa shape index (κ3) is 4.40. The minimum absolute atomic E-state index is 0.0379. The van der Waals surface area contributed by atoms with E-state index in [4.69, 9.17) is 4.74 Å². The number of nitrogens with one attached hydrogen (secondary N) is 1. The quantitative estimate of drug-likeness (QED) is 0.584. The van der Waals surface area contributed by atoms with Gasteiger partial charge < -0.3 is 9.64 Å². The number of halogens is 6. The summed E-state index contributed by atoms with van der Waals surface area (Å²) in [5.74, 6) is -0.0419. The fourth-order valence-electron chi connectivity index (χ4n) is 4.94. The zero-order valence-electron chi connectivity index (χ0n) is 18.6. The summed E-state index contributed by atoms with van der Waals surface area (Å²) in [6.45, 7) is 1.87. The topological polar surface area (TPSA) is 41.6 Å². The van der Waals surface area contributed by atoms with Gasteiger partial charge in [0.1, 0.15) is 5.54 Å². The molecule has 1 aliphatic carbocycles. The lowest BCUT2D eigenvalue weighted by atomic mass is 9.54. The van der Waals surface area contributed by atoms with Gasteiger partial charge in [0.25, 0.3) is 0 Å². The lowest BCUT2D eigenvalue weighted by Crippen LogP contribution is -2.65. The molecule has 1 heterocycles. The number of likely N-dealkylation sites (N-methyl/N-ethyl adjacent to an activating group) is 1. The second-order valence-electron chi connectivity index (χ2n) is 9.21. The average Bonchev–Trinajstić information content (AvgIpc) is 3.04. The average molecular weight is 486 g/mol. The highest BCUT2D eigenvalue weighted by Crippen LogP contribution is 2.53. The molecule has 1 spiro atoms. The van der Waals surface area contributed by atoms with E-state index in [-0.39, 0.29) is 24.1 Å². The molecule has 34 heavy (non-hydrogen) atoms. The van der Waals surface area contributed by atoms with E-state index in [0.717, 1.165) is 5.56 Å². The Bertz CT molecular complexity index is 1030. The maximum Gasteiger partial charge on any atom is 0.416 e. The van der Waals surface area contributed by atoms with Gasteiger partial charge in [0.2, 0.25) is 5.91 Å². The molecule has 4 nitrogen and oxygen atoms in total. The van der Waals surface area contributed by atoms with Crippen LogP contribution in [0, 0.1) is 0 Å². The van der Waals surface area contributed by atoms with Crippen LogP contribution in [0.4, 0.5) is 26.3 Å². The molecule has 1 N–H and O–H groups in total. The molecule has 2 aromatic rings. The number of benzene rings is 2. The van der Waals surface area contributed by atoms with E-state index in [0.29, 0.717) is 31.6 Å². The van der Waals surface area contributed by atoms with Crippen LogP contribution in [0.1, 0.15) is 48.1 Å². The van der Waals surface area contributed by atoms with Crippen LogP contribution in [0.5, 0.6) is 0 Å². The van der Waals surface area contributed by atoms with Crippen molar-refractivity contribution >= 4 is 5.91 Å². The summed E-state index contributed by atoms with van der Waals surface area (Å²) in [7, 11) is 1.69. The van der Waals surface area contributed by atoms with Crippen LogP contribution in [-0.4, -0.2) is 36.7 Å². The van der Waals surface area contributed by atoms with E-state index in [1.807, 2.05) is 30.3 Å². The van der Waals surface area contributed by atoms with Gasteiger partial charge in [-0.05, 0) is 49.1 Å². The summed E-state index contributed by atoms with van der Waals surface area (Å²) in [6, 6.07) is 10.8. The molecule has 2 aromatic carbocycles. The van der Waals surface area contributed by atoms with Crippen molar-refractivity contribution in [1.29, 1.82) is 0 Å². The van der Waals surface area contributed by atoms with Gasteiger partial charge in [-0.25, -0.2) is 0 Å². The molecule has 0 aromatic heterocycles. The third-order valence-corrected chi connectivity index (χ3v) is 6.77. The number of alkyl halides is 6. The second-order valence-corrected chi connectivity index (χ2v) is 9.21. The molecule has 2 aliphatic rings. The largest absolute Gasteiger partial charge is 0.416 e. The fourth-order valence-corrected chi connectivity index (χ4v) is 4.94. The Hall–Kier alpha value is -2.59. The van der Waals surface area contributed by atoms with Gasteiger partial charge in [-0.2, -0.15) is 26.3 Å². The van der Waals surface area contributed by atoms with Crippen LogP contribution >= 0.6 is 0 Å². The fraction of sp³-hybridized carbons (Fsp3) is 0.458. The summed E-state index contributed by atoms with van der Waals surface area (Å²) in [4.78, 5) is 14.2. The predicted octanol–water partition coefficient (Wildman–Crippen LogP) is 5.29. The first-order valence-electron chi connectivity index (χ1n) is 10.7. The Kier molecular flexibility index (Phi) is 5.96. The number of amides is 1. The van der Waals surface area contributed by atoms with Crippen molar-refractivity contribution in [3.05, 3.63) is 70.8 Å². The zero-order chi connectivity index (χ0) is 24.9. The van der Waals surface area contributed by atoms with Crippen molar-refractivity contribution in [3.63, 3.8) is 0 Å². The van der Waals surface area contributed by atoms with E-state index in [2.05, 4.69) is 5.32 Å². The molecular weight excluding hydrogens is 462 g/mol. The van der Waals surface area contributed by atoms with Crippen LogP contribution in [0.25, 0.3) is 0 Å². The maximum absolute atomic E-state index is 13.2. The normalized spacial score (nSPS) is 26.1. The Morgan fingerprint density at radius 3 is 2.03 bits per heavy atom. The molecule has 1 saturated carbocycles. The molecule has 0 radical (unpaired) electrons. The van der Waals surface area contributed by atoms with Gasteiger partial charge in [-0.15, -0.1) is 0 Å². The molecular formula is C24H24F6N2O2. The summed E-state index contributed by atoms with van der Waals surface area (Å²) in [5.41, 5.74) is -3.41. The Morgan fingerprint density at radius 2 is 1.56 bits per heavy atom. The Balaban J connectivity index is 1.59. The highest BCUT2D eigenvalue weighted by molar-refractivity contribution is 5.90. The van der Waals surface area contributed by atoms with Gasteiger partial charge in [-0.3, -0.25) is 10.1 Å². The molecule has 10 heteroatoms. The van der Waals surface area contributed by atoms with Crippen LogP contribution in [-0.2, 0) is 27.3 Å². The number of hydrogen-bond acceptors (Lipinski definition) is 3. The van der Waals surface area contributed by atoms with Crippen molar-refractivity contribution in [2.75, 3.05) is 20.3 Å².